The van der Waals surface area contributed by atoms with Crippen LogP contribution in [0.4, 0.5) is 0 Å². The summed E-state index contributed by atoms with van der Waals surface area (Å²) in [5.74, 6) is 3.05. The Balaban J connectivity index is 1.56. The SMILES string of the molecule is C=C1C=C2C3(C)CCC4C(C)(C)C(=C)C=CC4(C)C3CC[C@@]2(C)C1C1CCCC1. The zero-order valence-electron chi connectivity index (χ0n) is 19.6. The molecule has 0 amide bonds. The van der Waals surface area contributed by atoms with Crippen molar-refractivity contribution in [2.45, 2.75) is 86.0 Å². The minimum Gasteiger partial charge on any atom is -0.0955 e. The third-order valence-corrected chi connectivity index (χ3v) is 11.0. The van der Waals surface area contributed by atoms with Crippen LogP contribution in [0, 0.1) is 45.3 Å². The van der Waals surface area contributed by atoms with Crippen molar-refractivity contribution in [3.05, 3.63) is 48.1 Å². The molecule has 0 aliphatic heterocycles. The van der Waals surface area contributed by atoms with E-state index in [1.165, 1.54) is 62.5 Å². The van der Waals surface area contributed by atoms with Gasteiger partial charge < -0.3 is 0 Å². The molecule has 5 aliphatic rings. The molecule has 0 bridgehead atoms. The zero-order chi connectivity index (χ0) is 20.8. The second kappa shape index (κ2) is 6.02. The van der Waals surface area contributed by atoms with Crippen molar-refractivity contribution in [2.75, 3.05) is 0 Å². The molecule has 3 fully saturated rings. The lowest BCUT2D eigenvalue weighted by atomic mass is 9.39. The fourth-order valence-corrected chi connectivity index (χ4v) is 9.58. The lowest BCUT2D eigenvalue weighted by molar-refractivity contribution is -0.0850. The summed E-state index contributed by atoms with van der Waals surface area (Å²) in [5.41, 5.74) is 5.78. The number of rotatable bonds is 1. The molecule has 0 aromatic heterocycles. The monoisotopic (exact) mass is 390 g/mol. The molecular formula is C29H42. The normalized spacial score (nSPS) is 48.9. The second-order valence-corrected chi connectivity index (χ2v) is 12.6. The van der Waals surface area contributed by atoms with Crippen LogP contribution < -0.4 is 0 Å². The zero-order valence-corrected chi connectivity index (χ0v) is 19.6. The Morgan fingerprint density at radius 1 is 0.828 bits per heavy atom. The molecule has 5 unspecified atom stereocenters. The Bertz CT molecular complexity index is 815. The van der Waals surface area contributed by atoms with Gasteiger partial charge in [0.1, 0.15) is 0 Å². The van der Waals surface area contributed by atoms with E-state index < -0.39 is 0 Å². The number of allylic oxidation sites excluding steroid dienone is 6. The van der Waals surface area contributed by atoms with Gasteiger partial charge in [-0.05, 0) is 89.4 Å². The molecule has 158 valence electrons. The lowest BCUT2D eigenvalue weighted by Crippen LogP contribution is -2.57. The van der Waals surface area contributed by atoms with Gasteiger partial charge in [-0.2, -0.15) is 0 Å². The van der Waals surface area contributed by atoms with Crippen molar-refractivity contribution in [3.8, 4) is 0 Å². The van der Waals surface area contributed by atoms with Gasteiger partial charge in [0.05, 0.1) is 0 Å². The molecule has 0 heteroatoms. The summed E-state index contributed by atoms with van der Waals surface area (Å²) in [6.45, 7) is 21.8. The summed E-state index contributed by atoms with van der Waals surface area (Å²) in [7, 11) is 0. The van der Waals surface area contributed by atoms with E-state index in [-0.39, 0.29) is 10.8 Å². The van der Waals surface area contributed by atoms with E-state index >= 15 is 0 Å². The molecule has 6 atom stereocenters. The standard InChI is InChI=1S/C29H42/c1-19-18-24-28(6)16-13-22-26(3,4)20(2)12-15-27(22,5)23(28)14-17-29(24,7)25(19)21-10-8-9-11-21/h12,15,18,21-23,25H,1-2,8-11,13-14,16-17H2,3-7H3/t22?,23?,25?,27?,28?,29-/m1/s1. The van der Waals surface area contributed by atoms with Crippen LogP contribution in [0.5, 0.6) is 0 Å². The third kappa shape index (κ3) is 2.38. The topological polar surface area (TPSA) is 0 Å². The smallest absolute Gasteiger partial charge is 0.00364 e. The molecule has 0 spiro atoms. The van der Waals surface area contributed by atoms with Gasteiger partial charge in [0.2, 0.25) is 0 Å². The molecular weight excluding hydrogens is 348 g/mol. The molecule has 0 saturated heterocycles. The average Bonchev–Trinajstić information content (AvgIpc) is 3.24. The highest BCUT2D eigenvalue weighted by molar-refractivity contribution is 5.46. The van der Waals surface area contributed by atoms with Crippen molar-refractivity contribution in [3.63, 3.8) is 0 Å². The van der Waals surface area contributed by atoms with E-state index in [4.69, 9.17) is 0 Å². The van der Waals surface area contributed by atoms with Crippen LogP contribution in [0.25, 0.3) is 0 Å². The number of fused-ring (bicyclic) bond motifs is 5. The lowest BCUT2D eigenvalue weighted by Gasteiger charge is -2.65. The molecule has 0 heterocycles. The van der Waals surface area contributed by atoms with E-state index in [1.54, 1.807) is 5.57 Å². The molecule has 5 rings (SSSR count). The van der Waals surface area contributed by atoms with E-state index in [9.17, 15) is 0 Å². The highest BCUT2D eigenvalue weighted by atomic mass is 14.7. The van der Waals surface area contributed by atoms with Gasteiger partial charge in [-0.15, -0.1) is 0 Å². The van der Waals surface area contributed by atoms with Crippen LogP contribution in [0.2, 0.25) is 0 Å². The van der Waals surface area contributed by atoms with Crippen LogP contribution in [0.15, 0.2) is 48.1 Å². The van der Waals surface area contributed by atoms with Gasteiger partial charge in [0.25, 0.3) is 0 Å². The predicted molar refractivity (Wildman–Crippen MR) is 125 cm³/mol. The number of hydrogen-bond acceptors (Lipinski definition) is 0. The molecule has 0 radical (unpaired) electrons. The van der Waals surface area contributed by atoms with Gasteiger partial charge in [0, 0.05) is 0 Å². The van der Waals surface area contributed by atoms with Crippen molar-refractivity contribution >= 4 is 0 Å². The summed E-state index contributed by atoms with van der Waals surface area (Å²) >= 11 is 0. The molecule has 0 N–H and O–H groups in total. The molecule has 5 aliphatic carbocycles. The van der Waals surface area contributed by atoms with Crippen molar-refractivity contribution in [1.82, 2.24) is 0 Å². The maximum Gasteiger partial charge on any atom is -0.00364 e. The Morgan fingerprint density at radius 3 is 2.14 bits per heavy atom. The average molecular weight is 391 g/mol. The van der Waals surface area contributed by atoms with Gasteiger partial charge >= 0.3 is 0 Å². The summed E-state index contributed by atoms with van der Waals surface area (Å²) in [6.07, 6.45) is 18.7. The largest absolute Gasteiger partial charge is 0.0955 e. The van der Waals surface area contributed by atoms with Gasteiger partial charge in [-0.1, -0.05) is 90.0 Å². The van der Waals surface area contributed by atoms with Gasteiger partial charge in [-0.3, -0.25) is 0 Å². The molecule has 0 aromatic carbocycles. The Morgan fingerprint density at radius 2 is 1.45 bits per heavy atom. The first-order valence-electron chi connectivity index (χ1n) is 12.4. The molecule has 3 saturated carbocycles. The minimum atomic E-state index is 0.214. The minimum absolute atomic E-state index is 0.214. The summed E-state index contributed by atoms with van der Waals surface area (Å²) < 4.78 is 0. The predicted octanol–water partition coefficient (Wildman–Crippen LogP) is 8.28. The van der Waals surface area contributed by atoms with Crippen LogP contribution in [-0.2, 0) is 0 Å². The molecule has 0 nitrogen and oxygen atoms in total. The molecule has 0 aromatic rings. The maximum atomic E-state index is 4.65. The van der Waals surface area contributed by atoms with Crippen molar-refractivity contribution in [2.24, 2.45) is 45.3 Å². The second-order valence-electron chi connectivity index (χ2n) is 12.6. The first kappa shape index (κ1) is 19.9. The quantitative estimate of drug-likeness (QED) is 0.422. The highest BCUT2D eigenvalue weighted by Gasteiger charge is 2.64. The van der Waals surface area contributed by atoms with Crippen LogP contribution in [0.1, 0.15) is 86.0 Å². The third-order valence-electron chi connectivity index (χ3n) is 11.0. The fourth-order valence-electron chi connectivity index (χ4n) is 9.58. The maximum absolute atomic E-state index is 4.65. The molecule has 29 heavy (non-hydrogen) atoms. The summed E-state index contributed by atoms with van der Waals surface area (Å²) in [5, 5.41) is 0. The van der Waals surface area contributed by atoms with Crippen LogP contribution >= 0.6 is 0 Å². The van der Waals surface area contributed by atoms with E-state index in [0.29, 0.717) is 22.7 Å². The van der Waals surface area contributed by atoms with Gasteiger partial charge in [-0.25, -0.2) is 0 Å². The number of hydrogen-bond donors (Lipinski definition) is 0. The van der Waals surface area contributed by atoms with Crippen LogP contribution in [-0.4, -0.2) is 0 Å². The first-order valence-corrected chi connectivity index (χ1v) is 12.4. The van der Waals surface area contributed by atoms with Crippen molar-refractivity contribution in [1.29, 1.82) is 0 Å². The summed E-state index contributed by atoms with van der Waals surface area (Å²) in [6, 6.07) is 0. The highest BCUT2D eigenvalue weighted by Crippen LogP contribution is 2.73. The van der Waals surface area contributed by atoms with Crippen LogP contribution in [0.3, 0.4) is 0 Å². The van der Waals surface area contributed by atoms with E-state index in [2.05, 4.69) is 66.0 Å². The van der Waals surface area contributed by atoms with E-state index in [0.717, 1.165) is 11.8 Å². The van der Waals surface area contributed by atoms with Crippen molar-refractivity contribution < 1.29 is 0 Å². The Labute approximate surface area is 179 Å². The van der Waals surface area contributed by atoms with E-state index in [1.807, 2.05) is 0 Å². The first-order chi connectivity index (χ1) is 13.5. The Kier molecular flexibility index (Phi) is 4.13. The Hall–Kier alpha value is -1.04. The fraction of sp³-hybridized carbons (Fsp3) is 0.724. The van der Waals surface area contributed by atoms with Gasteiger partial charge in [0.15, 0.2) is 0 Å². The summed E-state index contributed by atoms with van der Waals surface area (Å²) in [4.78, 5) is 0.